The summed E-state index contributed by atoms with van der Waals surface area (Å²) in [5.74, 6) is 2.70. The van der Waals surface area contributed by atoms with Crippen LogP contribution in [0.2, 0.25) is 0 Å². The Balaban J connectivity index is 1.41. The van der Waals surface area contributed by atoms with Crippen LogP contribution in [0.3, 0.4) is 0 Å². The fraction of sp³-hybridized carbons (Fsp3) is 0.286. The van der Waals surface area contributed by atoms with E-state index in [0.29, 0.717) is 25.4 Å². The molecule has 1 saturated heterocycles. The van der Waals surface area contributed by atoms with E-state index in [1.165, 1.54) is 12.1 Å². The van der Waals surface area contributed by atoms with Crippen LogP contribution in [0.4, 0.5) is 10.1 Å². The molecule has 3 aromatic carbocycles. The number of carbonyl (C=O) groups excluding carboxylic acids is 1. The summed E-state index contributed by atoms with van der Waals surface area (Å²) >= 11 is 0. The molecule has 0 saturated carbocycles. The summed E-state index contributed by atoms with van der Waals surface area (Å²) in [5, 5.41) is 0. The highest BCUT2D eigenvalue weighted by atomic mass is 19.1. The van der Waals surface area contributed by atoms with E-state index >= 15 is 0 Å². The van der Waals surface area contributed by atoms with E-state index in [4.69, 9.17) is 14.5 Å². The van der Waals surface area contributed by atoms with Crippen molar-refractivity contribution in [2.75, 3.05) is 26.7 Å². The Morgan fingerprint density at radius 3 is 2.63 bits per heavy atom. The quantitative estimate of drug-likeness (QED) is 0.531. The number of amidine groups is 1. The molecular formula is C28H28FN3O3. The van der Waals surface area contributed by atoms with Gasteiger partial charge in [-0.15, -0.1) is 0 Å². The molecular weight excluding hydrogens is 445 g/mol. The van der Waals surface area contributed by atoms with Crippen LogP contribution in [0.15, 0.2) is 65.7 Å². The Morgan fingerprint density at radius 2 is 1.89 bits per heavy atom. The Morgan fingerprint density at radius 1 is 1.09 bits per heavy atom. The number of halogens is 1. The Bertz CT molecular complexity index is 1290. The predicted molar refractivity (Wildman–Crippen MR) is 133 cm³/mol. The normalized spacial score (nSPS) is 17.0. The molecule has 1 atom stereocenters. The molecule has 7 heteroatoms. The van der Waals surface area contributed by atoms with Gasteiger partial charge in [0.25, 0.3) is 0 Å². The first-order valence-electron chi connectivity index (χ1n) is 11.8. The van der Waals surface area contributed by atoms with Crippen LogP contribution < -0.4 is 9.47 Å². The zero-order valence-corrected chi connectivity index (χ0v) is 20.1. The van der Waals surface area contributed by atoms with Crippen molar-refractivity contribution in [3.05, 3.63) is 83.2 Å². The van der Waals surface area contributed by atoms with Crippen molar-refractivity contribution < 1.29 is 18.7 Å². The molecule has 1 fully saturated rings. The van der Waals surface area contributed by atoms with E-state index in [1.807, 2.05) is 55.1 Å². The fourth-order valence-corrected chi connectivity index (χ4v) is 4.63. The Labute approximate surface area is 204 Å². The molecule has 5 rings (SSSR count). The number of amides is 1. The van der Waals surface area contributed by atoms with E-state index in [0.717, 1.165) is 39.7 Å². The van der Waals surface area contributed by atoms with Crippen molar-refractivity contribution in [2.24, 2.45) is 4.99 Å². The lowest BCUT2D eigenvalue weighted by Gasteiger charge is -2.41. The van der Waals surface area contributed by atoms with Gasteiger partial charge in [-0.1, -0.05) is 18.2 Å². The molecule has 6 nitrogen and oxygen atoms in total. The minimum absolute atomic E-state index is 0.0184. The second-order valence-electron chi connectivity index (χ2n) is 9.06. The van der Waals surface area contributed by atoms with Gasteiger partial charge in [0.2, 0.25) is 5.91 Å². The summed E-state index contributed by atoms with van der Waals surface area (Å²) in [6.07, 6.45) is 0.256. The van der Waals surface area contributed by atoms with Gasteiger partial charge in [0, 0.05) is 25.7 Å². The second-order valence-corrected chi connectivity index (χ2v) is 9.06. The zero-order valence-electron chi connectivity index (χ0n) is 20.1. The number of hydrogen-bond acceptors (Lipinski definition) is 5. The number of nitrogens with zero attached hydrogens (tertiary/aromatic N) is 3. The van der Waals surface area contributed by atoms with Gasteiger partial charge in [0.05, 0.1) is 19.1 Å². The first-order valence-corrected chi connectivity index (χ1v) is 11.8. The van der Waals surface area contributed by atoms with Gasteiger partial charge < -0.3 is 19.3 Å². The number of piperazine rings is 1. The van der Waals surface area contributed by atoms with E-state index in [1.54, 1.807) is 19.2 Å². The molecule has 1 unspecified atom stereocenters. The van der Waals surface area contributed by atoms with E-state index in [9.17, 15) is 9.18 Å². The Kier molecular flexibility index (Phi) is 6.16. The van der Waals surface area contributed by atoms with Crippen LogP contribution in [0.25, 0.3) is 0 Å². The molecule has 0 aliphatic carbocycles. The minimum Gasteiger partial charge on any atom is -0.497 e. The first kappa shape index (κ1) is 22.9. The maximum atomic E-state index is 13.2. The van der Waals surface area contributed by atoms with Gasteiger partial charge in [-0.2, -0.15) is 0 Å². The first-order chi connectivity index (χ1) is 16.9. The number of aliphatic imine (C=N–C) groups is 1. The molecule has 0 N–H and O–H groups in total. The van der Waals surface area contributed by atoms with Gasteiger partial charge in [-0.25, -0.2) is 9.38 Å². The van der Waals surface area contributed by atoms with Crippen molar-refractivity contribution in [3.63, 3.8) is 0 Å². The van der Waals surface area contributed by atoms with Gasteiger partial charge in [0.1, 0.15) is 28.8 Å². The van der Waals surface area contributed by atoms with Crippen molar-refractivity contribution in [3.8, 4) is 17.2 Å². The highest BCUT2D eigenvalue weighted by Crippen LogP contribution is 2.40. The number of carbonyl (C=O) groups is 1. The number of fused-ring (bicyclic) bond motifs is 2. The zero-order chi connectivity index (χ0) is 24.5. The molecule has 1 amide bonds. The van der Waals surface area contributed by atoms with Crippen LogP contribution in [-0.4, -0.2) is 54.3 Å². The smallest absolute Gasteiger partial charge is 0.227 e. The lowest BCUT2D eigenvalue weighted by molar-refractivity contribution is -0.134. The number of aryl methyl sites for hydroxylation is 1. The summed E-state index contributed by atoms with van der Waals surface area (Å²) in [4.78, 5) is 22.2. The highest BCUT2D eigenvalue weighted by molar-refractivity contribution is 6.04. The monoisotopic (exact) mass is 473 g/mol. The van der Waals surface area contributed by atoms with Crippen molar-refractivity contribution >= 4 is 17.4 Å². The van der Waals surface area contributed by atoms with Crippen LogP contribution in [-0.2, 0) is 11.2 Å². The average molecular weight is 474 g/mol. The van der Waals surface area contributed by atoms with Gasteiger partial charge in [0.15, 0.2) is 5.75 Å². The van der Waals surface area contributed by atoms with Gasteiger partial charge >= 0.3 is 0 Å². The minimum atomic E-state index is -0.301. The van der Waals surface area contributed by atoms with Crippen LogP contribution >= 0.6 is 0 Å². The maximum absolute atomic E-state index is 13.2. The summed E-state index contributed by atoms with van der Waals surface area (Å²) in [5.41, 5.74) is 3.53. The van der Waals surface area contributed by atoms with Crippen LogP contribution in [0.1, 0.15) is 23.6 Å². The third-order valence-electron chi connectivity index (χ3n) is 6.51. The van der Waals surface area contributed by atoms with Crippen molar-refractivity contribution in [1.82, 2.24) is 9.80 Å². The van der Waals surface area contributed by atoms with Gasteiger partial charge in [-0.05, 0) is 67.4 Å². The van der Waals surface area contributed by atoms with Gasteiger partial charge in [-0.3, -0.25) is 4.79 Å². The molecule has 2 aliphatic heterocycles. The summed E-state index contributed by atoms with van der Waals surface area (Å²) in [6, 6.07) is 17.8. The van der Waals surface area contributed by atoms with E-state index < -0.39 is 0 Å². The second kappa shape index (κ2) is 9.41. The molecule has 0 radical (unpaired) electrons. The van der Waals surface area contributed by atoms with Crippen LogP contribution in [0.5, 0.6) is 17.2 Å². The van der Waals surface area contributed by atoms with Crippen molar-refractivity contribution in [2.45, 2.75) is 26.3 Å². The number of hydrogen-bond donors (Lipinski definition) is 0. The summed E-state index contributed by atoms with van der Waals surface area (Å²) < 4.78 is 25.0. The largest absolute Gasteiger partial charge is 0.497 e. The van der Waals surface area contributed by atoms with E-state index in [-0.39, 0.29) is 24.2 Å². The Hall–Kier alpha value is -3.87. The average Bonchev–Trinajstić information content (AvgIpc) is 3.01. The summed E-state index contributed by atoms with van der Waals surface area (Å²) in [6.45, 7) is 5.91. The molecule has 0 bridgehead atoms. The SMILES string of the molecule is COc1ccc2c(c1)C(N1CCN(C(=O)Cc3ccc(F)cc3)C(C)C1)=Nc1ccc(C)cc1O2. The molecule has 0 aromatic heterocycles. The number of methoxy groups -OCH3 is 1. The molecule has 0 spiro atoms. The number of benzene rings is 3. The van der Waals surface area contributed by atoms with Crippen LogP contribution in [0, 0.1) is 12.7 Å². The molecule has 180 valence electrons. The number of ether oxygens (including phenoxy) is 2. The summed E-state index contributed by atoms with van der Waals surface area (Å²) in [7, 11) is 1.64. The topological polar surface area (TPSA) is 54.4 Å². The van der Waals surface area contributed by atoms with Crippen molar-refractivity contribution in [1.29, 1.82) is 0 Å². The standard InChI is InChI=1S/C28H28FN3O3/c1-18-4-10-24-26(14-18)35-25-11-9-22(34-3)16-23(25)28(30-24)31-12-13-32(19(2)17-31)27(33)15-20-5-7-21(29)8-6-20/h4-11,14,16,19H,12-13,15,17H2,1-3H3. The molecule has 2 heterocycles. The lowest BCUT2D eigenvalue weighted by Crippen LogP contribution is -2.55. The predicted octanol–water partition coefficient (Wildman–Crippen LogP) is 5.10. The maximum Gasteiger partial charge on any atom is 0.227 e. The lowest BCUT2D eigenvalue weighted by atomic mass is 10.1. The fourth-order valence-electron chi connectivity index (χ4n) is 4.63. The third-order valence-corrected chi connectivity index (χ3v) is 6.51. The highest BCUT2D eigenvalue weighted by Gasteiger charge is 2.31. The molecule has 35 heavy (non-hydrogen) atoms. The van der Waals surface area contributed by atoms with E-state index in [2.05, 4.69) is 4.90 Å². The molecule has 2 aliphatic rings. The third kappa shape index (κ3) is 4.71. The number of rotatable bonds is 3. The molecule has 3 aromatic rings.